The highest BCUT2D eigenvalue weighted by Crippen LogP contribution is 2.20. The van der Waals surface area contributed by atoms with Gasteiger partial charge in [-0.15, -0.1) is 5.17 Å². The molecule has 0 saturated carbocycles. The molecule has 1 amide bonds. The lowest BCUT2D eigenvalue weighted by atomic mass is 9.93. The second-order valence-electron chi connectivity index (χ2n) is 10.2. The number of rotatable bonds is 26. The molecule has 2 N–H and O–H groups in total. The third-order valence-electron chi connectivity index (χ3n) is 6.86. The van der Waals surface area contributed by atoms with Gasteiger partial charge in [0.15, 0.2) is 0 Å². The summed E-state index contributed by atoms with van der Waals surface area (Å²) in [7, 11) is 0. The molecule has 0 saturated heterocycles. The van der Waals surface area contributed by atoms with Crippen molar-refractivity contribution < 1.29 is 10.0 Å². The molecular formula is C29H60N2O2. The quantitative estimate of drug-likeness (QED) is 0.0981. The predicted molar refractivity (Wildman–Crippen MR) is 143 cm³/mol. The number of nitrogens with one attached hydrogen (secondary N) is 1. The molecule has 0 aromatic rings. The fraction of sp³-hybridized carbons (Fsp3) is 0.966. The zero-order valence-electron chi connectivity index (χ0n) is 22.9. The van der Waals surface area contributed by atoms with E-state index in [4.69, 9.17) is 0 Å². The average molecular weight is 469 g/mol. The molecule has 33 heavy (non-hydrogen) atoms. The van der Waals surface area contributed by atoms with E-state index < -0.39 is 0 Å². The SMILES string of the molecule is CCCCCCCCCCCCC(CCCCCCCCCCCC)C(=O)NN(O)CCC. The highest BCUT2D eigenvalue weighted by Gasteiger charge is 2.19. The summed E-state index contributed by atoms with van der Waals surface area (Å²) in [5.74, 6) is 0.0531. The Morgan fingerprint density at radius 2 is 0.909 bits per heavy atom. The molecule has 0 unspecified atom stereocenters. The first-order chi connectivity index (χ1) is 16.2. The fourth-order valence-electron chi connectivity index (χ4n) is 4.65. The highest BCUT2D eigenvalue weighted by molar-refractivity contribution is 5.77. The number of amides is 1. The molecule has 0 atom stereocenters. The maximum atomic E-state index is 12.7. The van der Waals surface area contributed by atoms with Gasteiger partial charge in [0.2, 0.25) is 5.91 Å². The van der Waals surface area contributed by atoms with E-state index in [1.54, 1.807) is 0 Å². The summed E-state index contributed by atoms with van der Waals surface area (Å²) in [5, 5.41) is 10.8. The molecule has 0 spiro atoms. The summed E-state index contributed by atoms with van der Waals surface area (Å²) < 4.78 is 0. The Hall–Kier alpha value is -0.610. The molecule has 0 aromatic carbocycles. The van der Waals surface area contributed by atoms with E-state index in [9.17, 15) is 10.0 Å². The minimum atomic E-state index is 0.0119. The van der Waals surface area contributed by atoms with Crippen LogP contribution in [0.25, 0.3) is 0 Å². The number of hydroxylamine groups is 1. The minimum Gasteiger partial charge on any atom is -0.295 e. The number of carbonyl (C=O) groups is 1. The molecule has 4 heteroatoms. The lowest BCUT2D eigenvalue weighted by Crippen LogP contribution is -2.43. The van der Waals surface area contributed by atoms with Crippen LogP contribution in [-0.4, -0.2) is 22.8 Å². The smallest absolute Gasteiger partial charge is 0.239 e. The summed E-state index contributed by atoms with van der Waals surface area (Å²) in [6.45, 7) is 7.02. The van der Waals surface area contributed by atoms with Crippen LogP contribution >= 0.6 is 0 Å². The molecule has 0 aliphatic heterocycles. The minimum absolute atomic E-state index is 0.0119. The molecule has 198 valence electrons. The van der Waals surface area contributed by atoms with Crippen LogP contribution in [0, 0.1) is 5.92 Å². The van der Waals surface area contributed by atoms with Crippen molar-refractivity contribution in [3.8, 4) is 0 Å². The number of hydrogen-bond acceptors (Lipinski definition) is 3. The predicted octanol–water partition coefficient (Wildman–Crippen LogP) is 9.36. The van der Waals surface area contributed by atoms with Gasteiger partial charge in [0.25, 0.3) is 0 Å². The monoisotopic (exact) mass is 468 g/mol. The van der Waals surface area contributed by atoms with Crippen LogP contribution in [0.1, 0.15) is 168 Å². The van der Waals surface area contributed by atoms with Crippen molar-refractivity contribution in [2.24, 2.45) is 5.92 Å². The molecule has 0 radical (unpaired) electrons. The number of carbonyl (C=O) groups excluding carboxylic acids is 1. The van der Waals surface area contributed by atoms with Crippen LogP contribution in [0.4, 0.5) is 0 Å². The van der Waals surface area contributed by atoms with E-state index in [1.807, 2.05) is 6.92 Å². The Morgan fingerprint density at radius 3 is 1.24 bits per heavy atom. The van der Waals surface area contributed by atoms with Gasteiger partial charge < -0.3 is 0 Å². The molecule has 0 aromatic heterocycles. The number of nitrogens with zero attached hydrogens (tertiary/aromatic N) is 1. The van der Waals surface area contributed by atoms with E-state index >= 15 is 0 Å². The van der Waals surface area contributed by atoms with Crippen LogP contribution in [0.15, 0.2) is 0 Å². The Kier molecular flexibility index (Phi) is 25.5. The van der Waals surface area contributed by atoms with Gasteiger partial charge in [-0.25, -0.2) is 0 Å². The Bertz CT molecular complexity index is 379. The first kappa shape index (κ1) is 32.4. The number of hydrazine groups is 1. The van der Waals surface area contributed by atoms with E-state index in [-0.39, 0.29) is 11.8 Å². The summed E-state index contributed by atoms with van der Waals surface area (Å²) >= 11 is 0. The van der Waals surface area contributed by atoms with Crippen LogP contribution in [0.2, 0.25) is 0 Å². The van der Waals surface area contributed by atoms with Crippen molar-refractivity contribution in [1.29, 1.82) is 0 Å². The summed E-state index contributed by atoms with van der Waals surface area (Å²) in [4.78, 5) is 12.7. The van der Waals surface area contributed by atoms with Gasteiger partial charge in [-0.05, 0) is 19.3 Å². The average Bonchev–Trinajstić information content (AvgIpc) is 2.80. The normalized spacial score (nSPS) is 11.6. The van der Waals surface area contributed by atoms with Crippen molar-refractivity contribution in [2.45, 2.75) is 168 Å². The highest BCUT2D eigenvalue weighted by atomic mass is 16.5. The van der Waals surface area contributed by atoms with Crippen molar-refractivity contribution >= 4 is 5.91 Å². The fourth-order valence-corrected chi connectivity index (χ4v) is 4.65. The van der Waals surface area contributed by atoms with Gasteiger partial charge >= 0.3 is 0 Å². The van der Waals surface area contributed by atoms with Crippen molar-refractivity contribution in [2.75, 3.05) is 6.54 Å². The third-order valence-corrected chi connectivity index (χ3v) is 6.86. The molecule has 0 aliphatic rings. The maximum Gasteiger partial charge on any atom is 0.239 e. The zero-order valence-corrected chi connectivity index (χ0v) is 22.9. The summed E-state index contributed by atoms with van der Waals surface area (Å²) in [6.07, 6.45) is 29.2. The van der Waals surface area contributed by atoms with E-state index in [0.29, 0.717) is 6.54 Å². The molecule has 0 heterocycles. The maximum absolute atomic E-state index is 12.7. The van der Waals surface area contributed by atoms with Crippen LogP contribution in [-0.2, 0) is 4.79 Å². The van der Waals surface area contributed by atoms with Crippen molar-refractivity contribution in [3.05, 3.63) is 0 Å². The zero-order chi connectivity index (χ0) is 24.4. The van der Waals surface area contributed by atoms with Gasteiger partial charge in [-0.1, -0.05) is 149 Å². The summed E-state index contributed by atoms with van der Waals surface area (Å²) in [5.41, 5.74) is 2.70. The standard InChI is InChI=1S/C29H60N2O2/c1-4-7-9-11-13-15-17-19-21-23-25-28(29(32)30-31(33)27-6-3)26-24-22-20-18-16-14-12-10-8-5-2/h28,33H,4-27H2,1-3H3,(H,30,32). The molecule has 4 nitrogen and oxygen atoms in total. The Morgan fingerprint density at radius 1 is 0.576 bits per heavy atom. The summed E-state index contributed by atoms with van der Waals surface area (Å²) in [6, 6.07) is 0. The van der Waals surface area contributed by atoms with E-state index in [0.717, 1.165) is 37.3 Å². The molecule has 0 fully saturated rings. The van der Waals surface area contributed by atoms with E-state index in [1.165, 1.54) is 116 Å². The van der Waals surface area contributed by atoms with Gasteiger partial charge in [0, 0.05) is 12.5 Å². The molecule has 0 bridgehead atoms. The third kappa shape index (κ3) is 22.9. The Balaban J connectivity index is 4.01. The van der Waals surface area contributed by atoms with Gasteiger partial charge in [-0.2, -0.15) is 0 Å². The van der Waals surface area contributed by atoms with E-state index in [2.05, 4.69) is 19.3 Å². The number of unbranched alkanes of at least 4 members (excludes halogenated alkanes) is 18. The van der Waals surface area contributed by atoms with Crippen LogP contribution < -0.4 is 5.43 Å². The second-order valence-corrected chi connectivity index (χ2v) is 10.2. The van der Waals surface area contributed by atoms with Gasteiger partial charge in [-0.3, -0.25) is 15.4 Å². The second kappa shape index (κ2) is 26.0. The van der Waals surface area contributed by atoms with Gasteiger partial charge in [0.1, 0.15) is 0 Å². The molecule has 0 rings (SSSR count). The first-order valence-corrected chi connectivity index (χ1v) is 14.9. The topological polar surface area (TPSA) is 52.6 Å². The largest absolute Gasteiger partial charge is 0.295 e. The van der Waals surface area contributed by atoms with Crippen LogP contribution in [0.3, 0.4) is 0 Å². The molecular weight excluding hydrogens is 408 g/mol. The van der Waals surface area contributed by atoms with Crippen molar-refractivity contribution in [1.82, 2.24) is 10.6 Å². The Labute approximate surface area is 207 Å². The van der Waals surface area contributed by atoms with Gasteiger partial charge in [0.05, 0.1) is 0 Å². The van der Waals surface area contributed by atoms with Crippen LogP contribution in [0.5, 0.6) is 0 Å². The van der Waals surface area contributed by atoms with Crippen molar-refractivity contribution in [3.63, 3.8) is 0 Å². The first-order valence-electron chi connectivity index (χ1n) is 14.9. The lowest BCUT2D eigenvalue weighted by molar-refractivity contribution is -0.164. The number of hydrogen-bond donors (Lipinski definition) is 2. The molecule has 0 aliphatic carbocycles. The lowest BCUT2D eigenvalue weighted by Gasteiger charge is -2.21.